The highest BCUT2D eigenvalue weighted by Gasteiger charge is 2.24. The van der Waals surface area contributed by atoms with Crippen LogP contribution in [-0.2, 0) is 17.9 Å². The molecule has 0 aliphatic carbocycles. The van der Waals surface area contributed by atoms with Crippen molar-refractivity contribution in [2.75, 3.05) is 23.3 Å². The molecule has 176 valence electrons. The van der Waals surface area contributed by atoms with E-state index in [-0.39, 0.29) is 18.0 Å². The maximum absolute atomic E-state index is 13.2. The summed E-state index contributed by atoms with van der Waals surface area (Å²) in [6.07, 6.45) is 2.79. The summed E-state index contributed by atoms with van der Waals surface area (Å²) in [6.45, 7) is 9.94. The zero-order valence-corrected chi connectivity index (χ0v) is 20.5. The van der Waals surface area contributed by atoms with Gasteiger partial charge in [0.05, 0.1) is 0 Å². The van der Waals surface area contributed by atoms with Gasteiger partial charge in [0, 0.05) is 25.3 Å². The number of rotatable bonds is 6. The second-order valence-electron chi connectivity index (χ2n) is 9.01. The first kappa shape index (κ1) is 23.2. The number of thiazole rings is 1. The van der Waals surface area contributed by atoms with Gasteiger partial charge in [-0.3, -0.25) is 18.7 Å². The number of aromatic nitrogens is 3. The van der Waals surface area contributed by atoms with Crippen LogP contribution < -0.4 is 21.5 Å². The van der Waals surface area contributed by atoms with Crippen molar-refractivity contribution in [2.24, 2.45) is 5.92 Å². The van der Waals surface area contributed by atoms with E-state index in [1.807, 2.05) is 39.0 Å². The van der Waals surface area contributed by atoms with Crippen LogP contribution in [0.1, 0.15) is 44.2 Å². The number of hydrogen-bond acceptors (Lipinski definition) is 6. The lowest BCUT2D eigenvalue weighted by Gasteiger charge is -2.29. The first-order valence-electron chi connectivity index (χ1n) is 11.5. The summed E-state index contributed by atoms with van der Waals surface area (Å²) in [5.74, 6) is 0.345. The van der Waals surface area contributed by atoms with Crippen molar-refractivity contribution in [3.63, 3.8) is 0 Å². The molecule has 3 aromatic rings. The molecule has 33 heavy (non-hydrogen) atoms. The first-order valence-corrected chi connectivity index (χ1v) is 12.4. The summed E-state index contributed by atoms with van der Waals surface area (Å²) in [5.41, 5.74) is 2.25. The second kappa shape index (κ2) is 9.51. The standard InChI is InChI=1S/C24H31N5O3S/c1-5-10-28-22(31)20-21(26-23(33-20)27-11-8-15(2)9-12-27)29(24(28)32)14-19(30)25-18-7-6-16(3)13-17(18)4/h6-7,13,15H,5,8-12,14H2,1-4H3,(H,25,30). The van der Waals surface area contributed by atoms with Gasteiger partial charge in [0.1, 0.15) is 11.2 Å². The molecule has 1 N–H and O–H groups in total. The number of piperidine rings is 1. The molecular weight excluding hydrogens is 438 g/mol. The number of nitrogens with one attached hydrogen (secondary N) is 1. The molecule has 0 unspecified atom stereocenters. The van der Waals surface area contributed by atoms with E-state index in [1.54, 1.807) is 0 Å². The number of amides is 1. The van der Waals surface area contributed by atoms with Crippen molar-refractivity contribution in [1.82, 2.24) is 14.1 Å². The van der Waals surface area contributed by atoms with Gasteiger partial charge >= 0.3 is 5.69 Å². The summed E-state index contributed by atoms with van der Waals surface area (Å²) in [5, 5.41) is 3.64. The van der Waals surface area contributed by atoms with Gasteiger partial charge in [-0.15, -0.1) is 0 Å². The van der Waals surface area contributed by atoms with Gasteiger partial charge in [-0.2, -0.15) is 0 Å². The van der Waals surface area contributed by atoms with Gasteiger partial charge in [-0.25, -0.2) is 9.78 Å². The van der Waals surface area contributed by atoms with E-state index < -0.39 is 5.69 Å². The summed E-state index contributed by atoms with van der Waals surface area (Å²) >= 11 is 1.32. The predicted octanol–water partition coefficient (Wildman–Crippen LogP) is 3.52. The lowest BCUT2D eigenvalue weighted by molar-refractivity contribution is -0.116. The minimum atomic E-state index is -0.491. The Morgan fingerprint density at radius 2 is 1.91 bits per heavy atom. The van der Waals surface area contributed by atoms with Crippen molar-refractivity contribution in [2.45, 2.75) is 60.0 Å². The lowest BCUT2D eigenvalue weighted by Crippen LogP contribution is -2.41. The van der Waals surface area contributed by atoms with Crippen LogP contribution in [0.4, 0.5) is 10.8 Å². The Morgan fingerprint density at radius 3 is 2.58 bits per heavy atom. The second-order valence-corrected chi connectivity index (χ2v) is 9.99. The van der Waals surface area contributed by atoms with E-state index in [0.717, 1.165) is 42.2 Å². The maximum Gasteiger partial charge on any atom is 0.333 e. The van der Waals surface area contributed by atoms with Gasteiger partial charge in [-0.05, 0) is 50.7 Å². The Kier molecular flexibility index (Phi) is 6.69. The van der Waals surface area contributed by atoms with E-state index in [2.05, 4.69) is 22.1 Å². The Bertz CT molecular complexity index is 1300. The minimum absolute atomic E-state index is 0.202. The van der Waals surface area contributed by atoms with Crippen LogP contribution in [0.5, 0.6) is 0 Å². The average Bonchev–Trinajstić information content (AvgIpc) is 3.22. The van der Waals surface area contributed by atoms with Gasteiger partial charge in [0.15, 0.2) is 10.8 Å². The molecule has 3 heterocycles. The monoisotopic (exact) mass is 469 g/mol. The fraction of sp³-hybridized carbons (Fsp3) is 0.500. The van der Waals surface area contributed by atoms with E-state index in [1.165, 1.54) is 20.5 Å². The molecule has 1 amide bonds. The Balaban J connectivity index is 1.73. The van der Waals surface area contributed by atoms with E-state index in [4.69, 9.17) is 0 Å². The normalized spacial score (nSPS) is 14.7. The number of aryl methyl sites for hydroxylation is 2. The average molecular weight is 470 g/mol. The van der Waals surface area contributed by atoms with Gasteiger partial charge in [-0.1, -0.05) is 42.9 Å². The third kappa shape index (κ3) is 4.73. The highest BCUT2D eigenvalue weighted by Crippen LogP contribution is 2.29. The van der Waals surface area contributed by atoms with Crippen LogP contribution in [0.2, 0.25) is 0 Å². The van der Waals surface area contributed by atoms with E-state index >= 15 is 0 Å². The SMILES string of the molecule is CCCn1c(=O)c2sc(N3CCC(C)CC3)nc2n(CC(=O)Nc2ccc(C)cc2C)c1=O. The summed E-state index contributed by atoms with van der Waals surface area (Å²) in [7, 11) is 0. The minimum Gasteiger partial charge on any atom is -0.348 e. The fourth-order valence-electron chi connectivity index (χ4n) is 4.25. The molecule has 1 aliphatic heterocycles. The molecule has 8 nitrogen and oxygen atoms in total. The summed E-state index contributed by atoms with van der Waals surface area (Å²) < 4.78 is 3.00. The number of hydrogen-bond donors (Lipinski definition) is 1. The molecule has 4 rings (SSSR count). The van der Waals surface area contributed by atoms with Gasteiger partial charge in [0.2, 0.25) is 5.91 Å². The lowest BCUT2D eigenvalue weighted by atomic mass is 10.00. The number of benzene rings is 1. The third-order valence-electron chi connectivity index (χ3n) is 6.21. The summed E-state index contributed by atoms with van der Waals surface area (Å²) in [6, 6.07) is 5.78. The topological polar surface area (TPSA) is 89.2 Å². The Labute approximate surface area is 196 Å². The third-order valence-corrected chi connectivity index (χ3v) is 7.31. The Hall–Kier alpha value is -2.94. The quantitative estimate of drug-likeness (QED) is 0.597. The van der Waals surface area contributed by atoms with Crippen molar-refractivity contribution >= 4 is 38.4 Å². The first-order chi connectivity index (χ1) is 15.8. The van der Waals surface area contributed by atoms with Crippen molar-refractivity contribution < 1.29 is 4.79 Å². The number of nitrogens with zero attached hydrogens (tertiary/aromatic N) is 4. The van der Waals surface area contributed by atoms with Crippen molar-refractivity contribution in [3.05, 3.63) is 50.2 Å². The highest BCUT2D eigenvalue weighted by atomic mass is 32.1. The molecule has 0 saturated carbocycles. The number of carbonyl (C=O) groups is 1. The zero-order chi connectivity index (χ0) is 23.7. The van der Waals surface area contributed by atoms with Crippen LogP contribution in [0.3, 0.4) is 0 Å². The smallest absolute Gasteiger partial charge is 0.333 e. The molecule has 0 spiro atoms. The van der Waals surface area contributed by atoms with Gasteiger partial charge < -0.3 is 10.2 Å². The summed E-state index contributed by atoms with van der Waals surface area (Å²) in [4.78, 5) is 46.1. The Morgan fingerprint density at radius 1 is 1.18 bits per heavy atom. The number of fused-ring (bicyclic) bond motifs is 1. The number of anilines is 2. The van der Waals surface area contributed by atoms with E-state index in [0.29, 0.717) is 34.9 Å². The van der Waals surface area contributed by atoms with Crippen LogP contribution in [-0.4, -0.2) is 33.1 Å². The van der Waals surface area contributed by atoms with Crippen LogP contribution in [0, 0.1) is 19.8 Å². The van der Waals surface area contributed by atoms with Crippen molar-refractivity contribution in [1.29, 1.82) is 0 Å². The molecule has 1 saturated heterocycles. The zero-order valence-electron chi connectivity index (χ0n) is 19.7. The largest absolute Gasteiger partial charge is 0.348 e. The van der Waals surface area contributed by atoms with Crippen LogP contribution in [0.15, 0.2) is 27.8 Å². The molecule has 9 heteroatoms. The fourth-order valence-corrected chi connectivity index (χ4v) is 5.33. The maximum atomic E-state index is 13.2. The molecular formula is C24H31N5O3S. The molecule has 0 atom stereocenters. The molecule has 1 fully saturated rings. The molecule has 0 radical (unpaired) electrons. The molecule has 1 aliphatic rings. The van der Waals surface area contributed by atoms with Gasteiger partial charge in [0.25, 0.3) is 5.56 Å². The molecule has 2 aromatic heterocycles. The van der Waals surface area contributed by atoms with Crippen LogP contribution >= 0.6 is 11.3 Å². The van der Waals surface area contributed by atoms with Crippen molar-refractivity contribution in [3.8, 4) is 0 Å². The highest BCUT2D eigenvalue weighted by molar-refractivity contribution is 7.22. The van der Waals surface area contributed by atoms with E-state index in [9.17, 15) is 14.4 Å². The number of carbonyl (C=O) groups excluding carboxylic acids is 1. The van der Waals surface area contributed by atoms with Crippen LogP contribution in [0.25, 0.3) is 10.3 Å². The molecule has 0 bridgehead atoms. The predicted molar refractivity (Wildman–Crippen MR) is 134 cm³/mol. The molecule has 1 aromatic carbocycles.